The molecular formula is C23H33N7O. The highest BCUT2D eigenvalue weighted by Crippen LogP contribution is 2.26. The number of aromatic nitrogens is 5. The third kappa shape index (κ3) is 4.97. The number of aryl methyl sites for hydroxylation is 1. The molecule has 0 aromatic carbocycles. The summed E-state index contributed by atoms with van der Waals surface area (Å²) in [5.74, 6) is 0. The number of nitrogens with one attached hydrogen (secondary N) is 4. The van der Waals surface area contributed by atoms with E-state index in [2.05, 4.69) is 56.1 Å². The van der Waals surface area contributed by atoms with Crippen molar-refractivity contribution in [1.29, 1.82) is 0 Å². The van der Waals surface area contributed by atoms with Gasteiger partial charge in [-0.1, -0.05) is 13.8 Å². The van der Waals surface area contributed by atoms with Crippen LogP contribution in [0.3, 0.4) is 0 Å². The Kier molecular flexibility index (Phi) is 6.67. The Morgan fingerprint density at radius 3 is 2.61 bits per heavy atom. The summed E-state index contributed by atoms with van der Waals surface area (Å²) < 4.78 is 0. The monoisotopic (exact) mass is 423 g/mol. The van der Waals surface area contributed by atoms with Crippen LogP contribution in [0.4, 0.5) is 0 Å². The van der Waals surface area contributed by atoms with Crippen LogP contribution in [0.1, 0.15) is 54.9 Å². The number of likely N-dealkylation sites (N-methyl/N-ethyl adjacent to an activating group) is 1. The van der Waals surface area contributed by atoms with Crippen molar-refractivity contribution in [2.45, 2.75) is 59.0 Å². The second-order valence-electron chi connectivity index (χ2n) is 8.30. The molecule has 0 bridgehead atoms. The fourth-order valence-electron chi connectivity index (χ4n) is 4.20. The Bertz CT molecular complexity index is 1060. The lowest BCUT2D eigenvalue weighted by atomic mass is 10.0. The van der Waals surface area contributed by atoms with Crippen LogP contribution in [0.2, 0.25) is 0 Å². The first-order chi connectivity index (χ1) is 15.1. The van der Waals surface area contributed by atoms with Crippen molar-refractivity contribution in [3.05, 3.63) is 57.2 Å². The summed E-state index contributed by atoms with van der Waals surface area (Å²) in [5.41, 5.74) is 6.90. The van der Waals surface area contributed by atoms with Gasteiger partial charge in [-0.25, -0.2) is 0 Å². The van der Waals surface area contributed by atoms with Crippen LogP contribution in [0.5, 0.6) is 0 Å². The van der Waals surface area contributed by atoms with Crippen molar-refractivity contribution >= 4 is 0 Å². The molecule has 1 saturated carbocycles. The molecule has 4 N–H and O–H groups in total. The van der Waals surface area contributed by atoms with E-state index in [1.54, 1.807) is 18.6 Å². The van der Waals surface area contributed by atoms with Gasteiger partial charge in [0, 0.05) is 55.5 Å². The molecule has 0 amide bonds. The lowest BCUT2D eigenvalue weighted by Crippen LogP contribution is -2.26. The van der Waals surface area contributed by atoms with Crippen molar-refractivity contribution < 1.29 is 0 Å². The van der Waals surface area contributed by atoms with E-state index in [-0.39, 0.29) is 5.56 Å². The van der Waals surface area contributed by atoms with Crippen molar-refractivity contribution in [1.82, 2.24) is 35.4 Å². The molecule has 0 aliphatic heterocycles. The molecule has 166 valence electrons. The van der Waals surface area contributed by atoms with E-state index in [9.17, 15) is 4.79 Å². The lowest BCUT2D eigenvalue weighted by molar-refractivity contribution is 0.307. The van der Waals surface area contributed by atoms with E-state index in [1.165, 1.54) is 29.7 Å². The van der Waals surface area contributed by atoms with Gasteiger partial charge in [-0.2, -0.15) is 0 Å². The maximum absolute atomic E-state index is 12.2. The van der Waals surface area contributed by atoms with Crippen molar-refractivity contribution in [3.8, 4) is 11.3 Å². The predicted molar refractivity (Wildman–Crippen MR) is 122 cm³/mol. The second kappa shape index (κ2) is 9.62. The quantitative estimate of drug-likeness (QED) is 0.379. The summed E-state index contributed by atoms with van der Waals surface area (Å²) in [4.78, 5) is 27.3. The molecule has 0 atom stereocenters. The third-order valence-corrected chi connectivity index (χ3v) is 6.26. The summed E-state index contributed by atoms with van der Waals surface area (Å²) >= 11 is 0. The van der Waals surface area contributed by atoms with Gasteiger partial charge in [0.05, 0.1) is 17.0 Å². The highest BCUT2D eigenvalue weighted by molar-refractivity contribution is 5.60. The van der Waals surface area contributed by atoms with Gasteiger partial charge in [-0.3, -0.25) is 19.9 Å². The zero-order valence-electron chi connectivity index (χ0n) is 18.7. The SMILES string of the molecule is CCN(CC)CCc1c(C)[nH]c(Cc2nccnc2-c2c[nH][nH]c2=O)c1CNC1CC1. The highest BCUT2D eigenvalue weighted by atomic mass is 16.1. The van der Waals surface area contributed by atoms with Gasteiger partial charge in [-0.15, -0.1) is 0 Å². The fraction of sp³-hybridized carbons (Fsp3) is 0.522. The highest BCUT2D eigenvalue weighted by Gasteiger charge is 2.24. The Labute approximate surface area is 182 Å². The first kappa shape index (κ1) is 21.5. The molecular weight excluding hydrogens is 390 g/mol. The molecule has 1 aliphatic rings. The molecule has 8 nitrogen and oxygen atoms in total. The molecule has 4 rings (SSSR count). The zero-order chi connectivity index (χ0) is 21.8. The molecule has 8 heteroatoms. The van der Waals surface area contributed by atoms with Crippen LogP contribution in [0, 0.1) is 6.92 Å². The van der Waals surface area contributed by atoms with Gasteiger partial charge < -0.3 is 20.3 Å². The summed E-state index contributed by atoms with van der Waals surface area (Å²) in [5, 5.41) is 9.04. The summed E-state index contributed by atoms with van der Waals surface area (Å²) in [6.07, 6.45) is 9.14. The first-order valence-electron chi connectivity index (χ1n) is 11.3. The van der Waals surface area contributed by atoms with Gasteiger partial charge in [0.15, 0.2) is 0 Å². The predicted octanol–water partition coefficient (Wildman–Crippen LogP) is 2.52. The number of rotatable bonds is 11. The van der Waals surface area contributed by atoms with Crippen LogP contribution < -0.4 is 10.9 Å². The second-order valence-corrected chi connectivity index (χ2v) is 8.30. The number of nitrogens with zero attached hydrogens (tertiary/aromatic N) is 3. The van der Waals surface area contributed by atoms with Crippen LogP contribution >= 0.6 is 0 Å². The summed E-state index contributed by atoms with van der Waals surface area (Å²) in [6, 6.07) is 0.643. The largest absolute Gasteiger partial charge is 0.362 e. The Balaban J connectivity index is 1.64. The molecule has 3 aromatic heterocycles. The number of aromatic amines is 3. The van der Waals surface area contributed by atoms with Crippen LogP contribution in [-0.2, 0) is 19.4 Å². The van der Waals surface area contributed by atoms with Gasteiger partial charge in [0.25, 0.3) is 5.56 Å². The Hall–Kier alpha value is -2.71. The summed E-state index contributed by atoms with van der Waals surface area (Å²) in [6.45, 7) is 10.6. The fourth-order valence-corrected chi connectivity index (χ4v) is 4.20. The van der Waals surface area contributed by atoms with E-state index in [4.69, 9.17) is 0 Å². The number of hydrogen-bond donors (Lipinski definition) is 4. The molecule has 0 unspecified atom stereocenters. The standard InChI is InChI=1S/C23H33N7O/c1-4-30(5-2)11-8-17-15(3)28-20(18(17)13-26-16-6-7-16)12-21-22(25-10-9-24-21)19-14-27-29-23(19)31/h9-10,14,16,26,28H,4-8,11-13H2,1-3H3,(H2,27,29,31). The third-order valence-electron chi connectivity index (χ3n) is 6.26. The van der Waals surface area contributed by atoms with Gasteiger partial charge in [0.1, 0.15) is 0 Å². The van der Waals surface area contributed by atoms with Crippen LogP contribution in [0.25, 0.3) is 11.3 Å². The van der Waals surface area contributed by atoms with Crippen LogP contribution in [-0.4, -0.2) is 55.7 Å². The molecule has 3 aromatic rings. The molecule has 3 heterocycles. The molecule has 1 aliphatic carbocycles. The van der Waals surface area contributed by atoms with E-state index in [1.807, 2.05) is 0 Å². The van der Waals surface area contributed by atoms with Crippen molar-refractivity contribution in [3.63, 3.8) is 0 Å². The zero-order valence-corrected chi connectivity index (χ0v) is 18.7. The lowest BCUT2D eigenvalue weighted by Gasteiger charge is -2.18. The average molecular weight is 424 g/mol. The summed E-state index contributed by atoms with van der Waals surface area (Å²) in [7, 11) is 0. The molecule has 0 saturated heterocycles. The minimum Gasteiger partial charge on any atom is -0.362 e. The molecule has 1 fully saturated rings. The number of H-pyrrole nitrogens is 3. The van der Waals surface area contributed by atoms with E-state index < -0.39 is 0 Å². The minimum atomic E-state index is -0.181. The smallest absolute Gasteiger partial charge is 0.273 e. The normalized spacial score (nSPS) is 13.9. The minimum absolute atomic E-state index is 0.181. The van der Waals surface area contributed by atoms with E-state index in [0.717, 1.165) is 44.0 Å². The van der Waals surface area contributed by atoms with Gasteiger partial charge >= 0.3 is 0 Å². The first-order valence-corrected chi connectivity index (χ1v) is 11.3. The maximum atomic E-state index is 12.2. The van der Waals surface area contributed by atoms with E-state index in [0.29, 0.717) is 23.7 Å². The average Bonchev–Trinajstić information content (AvgIpc) is 3.44. The number of hydrogen-bond acceptors (Lipinski definition) is 5. The van der Waals surface area contributed by atoms with Crippen molar-refractivity contribution in [2.75, 3.05) is 19.6 Å². The van der Waals surface area contributed by atoms with Crippen molar-refractivity contribution in [2.24, 2.45) is 0 Å². The molecule has 0 radical (unpaired) electrons. The van der Waals surface area contributed by atoms with Gasteiger partial charge in [0.2, 0.25) is 0 Å². The van der Waals surface area contributed by atoms with Crippen LogP contribution in [0.15, 0.2) is 23.4 Å². The van der Waals surface area contributed by atoms with Gasteiger partial charge in [-0.05, 0) is 50.4 Å². The molecule has 0 spiro atoms. The Morgan fingerprint density at radius 2 is 1.94 bits per heavy atom. The maximum Gasteiger partial charge on any atom is 0.273 e. The van der Waals surface area contributed by atoms with E-state index >= 15 is 0 Å². The molecule has 31 heavy (non-hydrogen) atoms. The Morgan fingerprint density at radius 1 is 1.16 bits per heavy atom. The topological polar surface area (TPSA) is 105 Å².